The van der Waals surface area contributed by atoms with E-state index >= 15 is 0 Å². The number of methoxy groups -OCH3 is 2. The molecule has 0 atom stereocenters. The molecule has 0 aliphatic carbocycles. The van der Waals surface area contributed by atoms with Crippen molar-refractivity contribution in [3.63, 3.8) is 0 Å². The third kappa shape index (κ3) is 4.09. The molecule has 29 heavy (non-hydrogen) atoms. The van der Waals surface area contributed by atoms with Gasteiger partial charge in [-0.3, -0.25) is 10.1 Å². The highest BCUT2D eigenvalue weighted by Crippen LogP contribution is 2.37. The van der Waals surface area contributed by atoms with E-state index in [2.05, 4.69) is 10.3 Å². The van der Waals surface area contributed by atoms with Crippen LogP contribution in [0.5, 0.6) is 5.75 Å². The van der Waals surface area contributed by atoms with Crippen LogP contribution >= 0.6 is 11.3 Å². The molecule has 9 heteroatoms. The first-order valence-corrected chi connectivity index (χ1v) is 9.16. The Morgan fingerprint density at radius 2 is 1.79 bits per heavy atom. The molecule has 150 valence electrons. The minimum Gasteiger partial charge on any atom is -0.497 e. The molecule has 1 amide bonds. The molecule has 0 aliphatic rings. The number of aryl methyl sites for hydroxylation is 1. The van der Waals surface area contributed by atoms with Crippen molar-refractivity contribution in [3.05, 3.63) is 64.9 Å². The maximum absolute atomic E-state index is 13.9. The number of nitrogens with one attached hydrogen (secondary N) is 1. The Bertz CT molecular complexity index is 1080. The van der Waals surface area contributed by atoms with Crippen molar-refractivity contribution in [2.24, 2.45) is 0 Å². The fourth-order valence-electron chi connectivity index (χ4n) is 2.64. The standard InChI is InChI=1S/C20H16F2N2O4S/c1-10-7-8-11(27-2)9-12(10)17-16(19(26)28-3)23-20(29-17)24-18(25)15-13(21)5-4-6-14(15)22/h4-9H,1-3H3,(H,23,24,25). The highest BCUT2D eigenvalue weighted by molar-refractivity contribution is 7.19. The predicted octanol–water partition coefficient (Wildman–Crippen LogP) is 4.44. The summed E-state index contributed by atoms with van der Waals surface area (Å²) in [6.45, 7) is 1.84. The zero-order chi connectivity index (χ0) is 21.1. The van der Waals surface area contributed by atoms with Crippen molar-refractivity contribution in [3.8, 4) is 16.2 Å². The number of thiazole rings is 1. The van der Waals surface area contributed by atoms with Gasteiger partial charge in [0.1, 0.15) is 22.9 Å². The third-order valence-electron chi connectivity index (χ3n) is 4.11. The van der Waals surface area contributed by atoms with Gasteiger partial charge in [-0.25, -0.2) is 18.6 Å². The van der Waals surface area contributed by atoms with Gasteiger partial charge in [-0.15, -0.1) is 0 Å². The van der Waals surface area contributed by atoms with Gasteiger partial charge in [-0.1, -0.05) is 23.5 Å². The van der Waals surface area contributed by atoms with E-state index in [0.717, 1.165) is 35.1 Å². The first-order chi connectivity index (χ1) is 13.8. The van der Waals surface area contributed by atoms with Gasteiger partial charge in [0.25, 0.3) is 5.91 Å². The molecule has 0 radical (unpaired) electrons. The summed E-state index contributed by atoms with van der Waals surface area (Å²) in [4.78, 5) is 29.1. The maximum Gasteiger partial charge on any atom is 0.358 e. The molecule has 6 nitrogen and oxygen atoms in total. The number of halogens is 2. The Kier molecular flexibility index (Phi) is 5.88. The van der Waals surface area contributed by atoms with Crippen molar-refractivity contribution >= 4 is 28.3 Å². The summed E-state index contributed by atoms with van der Waals surface area (Å²) >= 11 is 0.980. The van der Waals surface area contributed by atoms with Crippen molar-refractivity contribution < 1.29 is 27.8 Å². The molecular weight excluding hydrogens is 402 g/mol. The van der Waals surface area contributed by atoms with E-state index in [0.29, 0.717) is 16.2 Å². The van der Waals surface area contributed by atoms with Crippen LogP contribution in [0.2, 0.25) is 0 Å². The summed E-state index contributed by atoms with van der Waals surface area (Å²) in [5.41, 5.74) is 0.719. The summed E-state index contributed by atoms with van der Waals surface area (Å²) in [5, 5.41) is 2.34. The highest BCUT2D eigenvalue weighted by Gasteiger charge is 2.24. The largest absolute Gasteiger partial charge is 0.497 e. The zero-order valence-corrected chi connectivity index (χ0v) is 16.5. The Hall–Kier alpha value is -3.33. The summed E-state index contributed by atoms with van der Waals surface area (Å²) < 4.78 is 37.7. The summed E-state index contributed by atoms with van der Waals surface area (Å²) in [6, 6.07) is 8.40. The number of rotatable bonds is 5. The van der Waals surface area contributed by atoms with Gasteiger partial charge in [0.2, 0.25) is 0 Å². The van der Waals surface area contributed by atoms with E-state index in [1.54, 1.807) is 12.1 Å². The van der Waals surface area contributed by atoms with E-state index in [1.807, 2.05) is 13.0 Å². The van der Waals surface area contributed by atoms with Crippen molar-refractivity contribution in [2.45, 2.75) is 6.92 Å². The van der Waals surface area contributed by atoms with Gasteiger partial charge in [-0.05, 0) is 36.8 Å². The predicted molar refractivity (Wildman–Crippen MR) is 104 cm³/mol. The van der Waals surface area contributed by atoms with Gasteiger partial charge in [0.15, 0.2) is 10.8 Å². The molecule has 0 spiro atoms. The Morgan fingerprint density at radius 1 is 1.10 bits per heavy atom. The maximum atomic E-state index is 13.9. The lowest BCUT2D eigenvalue weighted by molar-refractivity contribution is 0.0595. The molecule has 1 heterocycles. The summed E-state index contributed by atoms with van der Waals surface area (Å²) in [5.74, 6) is -3.17. The number of carbonyl (C=O) groups excluding carboxylic acids is 2. The number of anilines is 1. The lowest BCUT2D eigenvalue weighted by Crippen LogP contribution is -2.16. The van der Waals surface area contributed by atoms with Crippen LogP contribution in [0.4, 0.5) is 13.9 Å². The first-order valence-electron chi connectivity index (χ1n) is 8.35. The van der Waals surface area contributed by atoms with E-state index < -0.39 is 29.1 Å². The van der Waals surface area contributed by atoms with E-state index in [9.17, 15) is 18.4 Å². The molecule has 3 rings (SSSR count). The molecule has 0 bridgehead atoms. The monoisotopic (exact) mass is 418 g/mol. The topological polar surface area (TPSA) is 77.5 Å². The molecule has 1 N–H and O–H groups in total. The molecule has 0 aliphatic heterocycles. The van der Waals surface area contributed by atoms with Gasteiger partial charge in [0, 0.05) is 5.56 Å². The van der Waals surface area contributed by atoms with Gasteiger partial charge >= 0.3 is 5.97 Å². The molecule has 0 saturated carbocycles. The van der Waals surface area contributed by atoms with Crippen molar-refractivity contribution in [2.75, 3.05) is 19.5 Å². The number of hydrogen-bond acceptors (Lipinski definition) is 6. The fraction of sp³-hybridized carbons (Fsp3) is 0.150. The van der Waals surface area contributed by atoms with E-state index in [-0.39, 0.29) is 10.8 Å². The van der Waals surface area contributed by atoms with Gasteiger partial charge < -0.3 is 9.47 Å². The summed E-state index contributed by atoms with van der Waals surface area (Å²) in [7, 11) is 2.72. The smallest absolute Gasteiger partial charge is 0.358 e. The zero-order valence-electron chi connectivity index (χ0n) is 15.7. The molecule has 0 saturated heterocycles. The minimum absolute atomic E-state index is 0.00438. The van der Waals surface area contributed by atoms with Crippen LogP contribution in [0.1, 0.15) is 26.4 Å². The van der Waals surface area contributed by atoms with Crippen molar-refractivity contribution in [1.29, 1.82) is 0 Å². The second-order valence-electron chi connectivity index (χ2n) is 5.92. The SMILES string of the molecule is COC(=O)c1nc(NC(=O)c2c(F)cccc2F)sc1-c1cc(OC)ccc1C. The van der Waals surface area contributed by atoms with Crippen LogP contribution in [0, 0.1) is 18.6 Å². The number of esters is 1. The van der Waals surface area contributed by atoms with Crippen LogP contribution in [0.3, 0.4) is 0 Å². The minimum atomic E-state index is -1.01. The molecule has 1 aromatic heterocycles. The normalized spacial score (nSPS) is 10.5. The summed E-state index contributed by atoms with van der Waals surface area (Å²) in [6.07, 6.45) is 0. The number of aromatic nitrogens is 1. The first kappa shape index (κ1) is 20.4. The van der Waals surface area contributed by atoms with Crippen molar-refractivity contribution in [1.82, 2.24) is 4.98 Å². The quantitative estimate of drug-likeness (QED) is 0.620. The van der Waals surface area contributed by atoms with Crippen LogP contribution in [0.25, 0.3) is 10.4 Å². The average molecular weight is 418 g/mol. The number of carbonyl (C=O) groups is 2. The molecule has 0 unspecified atom stereocenters. The average Bonchev–Trinajstić information content (AvgIpc) is 3.11. The van der Waals surface area contributed by atoms with E-state index in [1.165, 1.54) is 14.2 Å². The van der Waals surface area contributed by atoms with Crippen LogP contribution < -0.4 is 10.1 Å². The van der Waals surface area contributed by atoms with Gasteiger partial charge in [0.05, 0.1) is 19.1 Å². The second kappa shape index (κ2) is 8.36. The second-order valence-corrected chi connectivity index (χ2v) is 6.92. The van der Waals surface area contributed by atoms with Crippen LogP contribution in [-0.4, -0.2) is 31.1 Å². The molecule has 3 aromatic rings. The highest BCUT2D eigenvalue weighted by atomic mass is 32.1. The van der Waals surface area contributed by atoms with Crippen LogP contribution in [0.15, 0.2) is 36.4 Å². The Morgan fingerprint density at radius 3 is 2.41 bits per heavy atom. The fourth-order valence-corrected chi connectivity index (χ4v) is 3.67. The number of nitrogens with zero attached hydrogens (tertiary/aromatic N) is 1. The Labute approximate surface area is 169 Å². The lowest BCUT2D eigenvalue weighted by Gasteiger charge is -2.07. The third-order valence-corrected chi connectivity index (χ3v) is 5.11. The molecular formula is C20H16F2N2O4S. The lowest BCUT2D eigenvalue weighted by atomic mass is 10.1. The number of ether oxygens (including phenoxy) is 2. The number of amides is 1. The number of hydrogen-bond donors (Lipinski definition) is 1. The number of benzene rings is 2. The Balaban J connectivity index is 2.04. The van der Waals surface area contributed by atoms with Crippen LogP contribution in [-0.2, 0) is 4.74 Å². The van der Waals surface area contributed by atoms with E-state index in [4.69, 9.17) is 9.47 Å². The molecule has 2 aromatic carbocycles. The molecule has 0 fully saturated rings. The van der Waals surface area contributed by atoms with Gasteiger partial charge in [-0.2, -0.15) is 0 Å².